The van der Waals surface area contributed by atoms with E-state index in [-0.39, 0.29) is 0 Å². The largest absolute Gasteiger partial charge is 0.248 e. The van der Waals surface area contributed by atoms with Crippen molar-refractivity contribution in [1.29, 1.82) is 0 Å². The highest BCUT2D eigenvalue weighted by Gasteiger charge is 2.12. The SMILES string of the molecule is Cc1cccc(-c2nc(-c3ccccc3C)n(C)n2)c1. The molecule has 0 fully saturated rings. The Balaban J connectivity index is 2.10. The maximum atomic E-state index is 4.70. The maximum Gasteiger partial charge on any atom is 0.181 e. The zero-order valence-corrected chi connectivity index (χ0v) is 12.0. The lowest BCUT2D eigenvalue weighted by Gasteiger charge is -2.03. The summed E-state index contributed by atoms with van der Waals surface area (Å²) in [6.45, 7) is 4.17. The molecule has 1 heterocycles. The molecule has 20 heavy (non-hydrogen) atoms. The molecule has 0 aliphatic heterocycles. The van der Waals surface area contributed by atoms with Crippen molar-refractivity contribution in [3.63, 3.8) is 0 Å². The molecule has 0 saturated heterocycles. The van der Waals surface area contributed by atoms with Gasteiger partial charge in [0.25, 0.3) is 0 Å². The van der Waals surface area contributed by atoms with Crippen LogP contribution in [-0.4, -0.2) is 14.8 Å². The number of nitrogens with zero attached hydrogens (tertiary/aromatic N) is 3. The van der Waals surface area contributed by atoms with Gasteiger partial charge >= 0.3 is 0 Å². The molecule has 0 atom stereocenters. The summed E-state index contributed by atoms with van der Waals surface area (Å²) in [4.78, 5) is 4.70. The lowest BCUT2D eigenvalue weighted by atomic mass is 10.1. The van der Waals surface area contributed by atoms with Gasteiger partial charge in [-0.05, 0) is 25.5 Å². The third-order valence-electron chi connectivity index (χ3n) is 3.43. The molecule has 3 nitrogen and oxygen atoms in total. The van der Waals surface area contributed by atoms with Crippen LogP contribution in [0.25, 0.3) is 22.8 Å². The number of aryl methyl sites for hydroxylation is 3. The van der Waals surface area contributed by atoms with Gasteiger partial charge in [-0.15, -0.1) is 0 Å². The van der Waals surface area contributed by atoms with Crippen molar-refractivity contribution in [2.24, 2.45) is 7.05 Å². The van der Waals surface area contributed by atoms with Gasteiger partial charge in [0, 0.05) is 18.2 Å². The monoisotopic (exact) mass is 263 g/mol. The molecular formula is C17H17N3. The summed E-state index contributed by atoms with van der Waals surface area (Å²) in [6.07, 6.45) is 0. The number of rotatable bonds is 2. The molecule has 0 aliphatic carbocycles. The Morgan fingerprint density at radius 1 is 0.950 bits per heavy atom. The third-order valence-corrected chi connectivity index (χ3v) is 3.43. The molecule has 0 radical (unpaired) electrons. The maximum absolute atomic E-state index is 4.70. The lowest BCUT2D eigenvalue weighted by Crippen LogP contribution is -1.95. The first-order chi connectivity index (χ1) is 9.65. The van der Waals surface area contributed by atoms with Crippen LogP contribution in [0.2, 0.25) is 0 Å². The van der Waals surface area contributed by atoms with E-state index in [9.17, 15) is 0 Å². The Bertz CT molecular complexity index is 756. The summed E-state index contributed by atoms with van der Waals surface area (Å²) < 4.78 is 1.85. The Kier molecular flexibility index (Phi) is 3.11. The molecule has 3 rings (SSSR count). The van der Waals surface area contributed by atoms with E-state index in [1.54, 1.807) is 0 Å². The molecule has 0 bridgehead atoms. The molecule has 0 amide bonds. The standard InChI is InChI=1S/C17H17N3/c1-12-7-6-9-14(11-12)16-18-17(20(3)19-16)15-10-5-4-8-13(15)2/h4-11H,1-3H3. The Morgan fingerprint density at radius 3 is 2.50 bits per heavy atom. The van der Waals surface area contributed by atoms with Gasteiger partial charge in [-0.3, -0.25) is 0 Å². The van der Waals surface area contributed by atoms with Crippen molar-refractivity contribution < 1.29 is 0 Å². The van der Waals surface area contributed by atoms with Crippen molar-refractivity contribution >= 4 is 0 Å². The van der Waals surface area contributed by atoms with Gasteiger partial charge in [0.05, 0.1) is 0 Å². The smallest absolute Gasteiger partial charge is 0.181 e. The first-order valence-electron chi connectivity index (χ1n) is 6.69. The molecule has 1 aromatic heterocycles. The summed E-state index contributed by atoms with van der Waals surface area (Å²) in [6, 6.07) is 16.5. The predicted molar refractivity (Wildman–Crippen MR) is 81.3 cm³/mol. The van der Waals surface area contributed by atoms with Crippen LogP contribution in [-0.2, 0) is 7.05 Å². The van der Waals surface area contributed by atoms with E-state index in [0.29, 0.717) is 0 Å². The van der Waals surface area contributed by atoms with Gasteiger partial charge in [-0.1, -0.05) is 48.0 Å². The van der Waals surface area contributed by atoms with Gasteiger partial charge in [0.2, 0.25) is 0 Å². The fourth-order valence-corrected chi connectivity index (χ4v) is 2.35. The Morgan fingerprint density at radius 2 is 1.75 bits per heavy atom. The van der Waals surface area contributed by atoms with Gasteiger partial charge in [-0.2, -0.15) is 5.10 Å². The highest BCUT2D eigenvalue weighted by Crippen LogP contribution is 2.24. The minimum absolute atomic E-state index is 0.773. The molecule has 0 N–H and O–H groups in total. The van der Waals surface area contributed by atoms with E-state index < -0.39 is 0 Å². The number of hydrogen-bond donors (Lipinski definition) is 0. The van der Waals surface area contributed by atoms with Crippen LogP contribution in [0.1, 0.15) is 11.1 Å². The summed E-state index contributed by atoms with van der Waals surface area (Å²) in [5.41, 5.74) is 4.60. The number of hydrogen-bond acceptors (Lipinski definition) is 2. The van der Waals surface area contributed by atoms with Crippen molar-refractivity contribution in [3.05, 3.63) is 59.7 Å². The van der Waals surface area contributed by atoms with Crippen molar-refractivity contribution in [1.82, 2.24) is 14.8 Å². The third kappa shape index (κ3) is 2.23. The second-order valence-electron chi connectivity index (χ2n) is 5.07. The molecule has 3 aromatic rings. The van der Waals surface area contributed by atoms with Crippen LogP contribution in [0, 0.1) is 13.8 Å². The molecular weight excluding hydrogens is 246 g/mol. The number of benzene rings is 2. The minimum atomic E-state index is 0.773. The lowest BCUT2D eigenvalue weighted by molar-refractivity contribution is 0.776. The van der Waals surface area contributed by atoms with Gasteiger partial charge in [0.1, 0.15) is 0 Å². The van der Waals surface area contributed by atoms with Gasteiger partial charge in [-0.25, -0.2) is 9.67 Å². The molecule has 0 aliphatic rings. The predicted octanol–water partition coefficient (Wildman–Crippen LogP) is 3.77. The normalized spacial score (nSPS) is 10.8. The summed E-state index contributed by atoms with van der Waals surface area (Å²) >= 11 is 0. The summed E-state index contributed by atoms with van der Waals surface area (Å²) in [5.74, 6) is 1.68. The highest BCUT2D eigenvalue weighted by atomic mass is 15.3. The molecule has 0 saturated carbocycles. The molecule has 0 spiro atoms. The van der Waals surface area contributed by atoms with Crippen LogP contribution in [0.15, 0.2) is 48.5 Å². The average molecular weight is 263 g/mol. The van der Waals surface area contributed by atoms with Gasteiger partial charge in [0.15, 0.2) is 11.6 Å². The quantitative estimate of drug-likeness (QED) is 0.704. The zero-order valence-electron chi connectivity index (χ0n) is 12.0. The van der Waals surface area contributed by atoms with E-state index in [0.717, 1.165) is 22.8 Å². The second-order valence-corrected chi connectivity index (χ2v) is 5.07. The second kappa shape index (κ2) is 4.93. The van der Waals surface area contributed by atoms with E-state index in [1.807, 2.05) is 36.0 Å². The zero-order chi connectivity index (χ0) is 14.1. The van der Waals surface area contributed by atoms with Crippen LogP contribution in [0.3, 0.4) is 0 Å². The fourth-order valence-electron chi connectivity index (χ4n) is 2.35. The average Bonchev–Trinajstić information content (AvgIpc) is 2.81. The Labute approximate surface area is 118 Å². The molecule has 2 aromatic carbocycles. The van der Waals surface area contributed by atoms with Crippen LogP contribution in [0.5, 0.6) is 0 Å². The van der Waals surface area contributed by atoms with Crippen LogP contribution >= 0.6 is 0 Å². The van der Waals surface area contributed by atoms with E-state index >= 15 is 0 Å². The van der Waals surface area contributed by atoms with E-state index in [1.165, 1.54) is 11.1 Å². The van der Waals surface area contributed by atoms with Gasteiger partial charge < -0.3 is 0 Å². The van der Waals surface area contributed by atoms with E-state index in [2.05, 4.69) is 43.2 Å². The van der Waals surface area contributed by atoms with E-state index in [4.69, 9.17) is 4.98 Å². The first kappa shape index (κ1) is 12.6. The topological polar surface area (TPSA) is 30.7 Å². The fraction of sp³-hybridized carbons (Fsp3) is 0.176. The molecule has 0 unspecified atom stereocenters. The highest BCUT2D eigenvalue weighted by molar-refractivity contribution is 5.64. The van der Waals surface area contributed by atoms with Crippen molar-refractivity contribution in [2.45, 2.75) is 13.8 Å². The molecule has 100 valence electrons. The van der Waals surface area contributed by atoms with Crippen LogP contribution in [0.4, 0.5) is 0 Å². The Hall–Kier alpha value is -2.42. The number of aromatic nitrogens is 3. The molecule has 3 heteroatoms. The van der Waals surface area contributed by atoms with Crippen LogP contribution < -0.4 is 0 Å². The minimum Gasteiger partial charge on any atom is -0.248 e. The first-order valence-corrected chi connectivity index (χ1v) is 6.69. The summed E-state index contributed by atoms with van der Waals surface area (Å²) in [7, 11) is 1.94. The van der Waals surface area contributed by atoms with Crippen molar-refractivity contribution in [3.8, 4) is 22.8 Å². The van der Waals surface area contributed by atoms with Crippen molar-refractivity contribution in [2.75, 3.05) is 0 Å². The summed E-state index contributed by atoms with van der Waals surface area (Å²) in [5, 5.41) is 4.55.